The number of nitrogens with two attached hydrogens (primary N) is 2. The molecule has 1 aliphatic heterocycles. The van der Waals surface area contributed by atoms with Gasteiger partial charge in [0.25, 0.3) is 0 Å². The number of carbonyl (C=O) groups is 5. The molecule has 1 aliphatic rings. The molecule has 2 aromatic rings. The van der Waals surface area contributed by atoms with Gasteiger partial charge < -0.3 is 37.1 Å². The SMILES string of the molecule is NCC(=O)NC(Cc1c[nH]c2ccccc12)C(=O)N1CCCC1C(=O)NC(CCC(N)=O)C(=O)O. The van der Waals surface area contributed by atoms with Crippen molar-refractivity contribution in [2.45, 2.75) is 50.2 Å². The number of nitrogens with one attached hydrogen (secondary N) is 3. The van der Waals surface area contributed by atoms with E-state index < -0.39 is 47.7 Å². The van der Waals surface area contributed by atoms with Crippen molar-refractivity contribution in [2.75, 3.05) is 13.1 Å². The predicted octanol–water partition coefficient (Wildman–Crippen LogP) is -1.02. The lowest BCUT2D eigenvalue weighted by Crippen LogP contribution is -2.56. The first kappa shape index (κ1) is 25.7. The Kier molecular flexibility index (Phi) is 8.42. The van der Waals surface area contributed by atoms with Crippen LogP contribution in [0.4, 0.5) is 0 Å². The molecule has 0 bridgehead atoms. The minimum absolute atomic E-state index is 0.160. The summed E-state index contributed by atoms with van der Waals surface area (Å²) in [5.74, 6) is -3.59. The number of H-pyrrole nitrogens is 1. The summed E-state index contributed by atoms with van der Waals surface area (Å²) in [6, 6.07) is 4.35. The van der Waals surface area contributed by atoms with Crippen LogP contribution in [-0.4, -0.2) is 75.8 Å². The fraction of sp³-hybridized carbons (Fsp3) is 0.435. The Labute approximate surface area is 201 Å². The molecular weight excluding hydrogens is 456 g/mol. The minimum Gasteiger partial charge on any atom is -0.480 e. The molecule has 0 saturated carbocycles. The maximum absolute atomic E-state index is 13.5. The highest BCUT2D eigenvalue weighted by Crippen LogP contribution is 2.23. The van der Waals surface area contributed by atoms with Crippen LogP contribution < -0.4 is 22.1 Å². The standard InChI is InChI=1S/C23H30N6O6/c24-11-20(31)27-17(10-13-12-26-15-5-2-1-4-14(13)15)22(33)29-9-3-6-18(29)21(32)28-16(23(34)35)7-8-19(25)30/h1-2,4-5,12,16-18,26H,3,6-11,24H2,(H2,25,30)(H,27,31)(H,28,32)(H,34,35). The summed E-state index contributed by atoms with van der Waals surface area (Å²) in [5, 5.41) is 15.4. The average Bonchev–Trinajstić information content (AvgIpc) is 3.48. The monoisotopic (exact) mass is 486 g/mol. The van der Waals surface area contributed by atoms with Crippen molar-refractivity contribution in [3.05, 3.63) is 36.0 Å². The average molecular weight is 487 g/mol. The maximum Gasteiger partial charge on any atom is 0.326 e. The summed E-state index contributed by atoms with van der Waals surface area (Å²) in [5.41, 5.74) is 12.2. The van der Waals surface area contributed by atoms with Crippen LogP contribution in [0.15, 0.2) is 30.5 Å². The van der Waals surface area contributed by atoms with Gasteiger partial charge in [-0.1, -0.05) is 18.2 Å². The van der Waals surface area contributed by atoms with Gasteiger partial charge in [0.2, 0.25) is 23.6 Å². The number of hydrogen-bond acceptors (Lipinski definition) is 6. The molecule has 2 heterocycles. The Bertz CT molecular complexity index is 1110. The predicted molar refractivity (Wildman–Crippen MR) is 126 cm³/mol. The number of rotatable bonds is 11. The molecule has 12 nitrogen and oxygen atoms in total. The van der Waals surface area contributed by atoms with E-state index in [2.05, 4.69) is 15.6 Å². The van der Waals surface area contributed by atoms with E-state index in [4.69, 9.17) is 11.5 Å². The van der Waals surface area contributed by atoms with Gasteiger partial charge >= 0.3 is 5.97 Å². The molecule has 1 saturated heterocycles. The number of carboxylic acid groups (broad SMARTS) is 1. The van der Waals surface area contributed by atoms with E-state index >= 15 is 0 Å². The Morgan fingerprint density at radius 2 is 1.89 bits per heavy atom. The highest BCUT2D eigenvalue weighted by atomic mass is 16.4. The fourth-order valence-electron chi connectivity index (χ4n) is 4.29. The molecule has 4 amide bonds. The number of aliphatic carboxylic acids is 1. The number of hydrogen-bond donors (Lipinski definition) is 6. The lowest BCUT2D eigenvalue weighted by atomic mass is 10.0. The van der Waals surface area contributed by atoms with Gasteiger partial charge in [0.05, 0.1) is 6.54 Å². The van der Waals surface area contributed by atoms with E-state index in [0.717, 1.165) is 16.5 Å². The first-order chi connectivity index (χ1) is 16.7. The Morgan fingerprint density at radius 1 is 1.14 bits per heavy atom. The first-order valence-electron chi connectivity index (χ1n) is 11.4. The third-order valence-electron chi connectivity index (χ3n) is 6.05. The van der Waals surface area contributed by atoms with Gasteiger partial charge in [0, 0.05) is 36.5 Å². The van der Waals surface area contributed by atoms with Crippen molar-refractivity contribution >= 4 is 40.5 Å². The minimum atomic E-state index is -1.31. The van der Waals surface area contributed by atoms with E-state index in [1.165, 1.54) is 4.90 Å². The van der Waals surface area contributed by atoms with Gasteiger partial charge in [-0.05, 0) is 30.9 Å². The van der Waals surface area contributed by atoms with Crippen molar-refractivity contribution in [3.8, 4) is 0 Å². The summed E-state index contributed by atoms with van der Waals surface area (Å²) < 4.78 is 0. The smallest absolute Gasteiger partial charge is 0.326 e. The number of likely N-dealkylation sites (tertiary alicyclic amines) is 1. The molecule has 1 aromatic carbocycles. The molecule has 1 fully saturated rings. The Hall–Kier alpha value is -3.93. The van der Waals surface area contributed by atoms with Crippen molar-refractivity contribution in [3.63, 3.8) is 0 Å². The maximum atomic E-state index is 13.5. The van der Waals surface area contributed by atoms with Crippen molar-refractivity contribution in [1.82, 2.24) is 20.5 Å². The van der Waals surface area contributed by atoms with Gasteiger partial charge in [0.15, 0.2) is 0 Å². The lowest BCUT2D eigenvalue weighted by Gasteiger charge is -2.29. The second-order valence-corrected chi connectivity index (χ2v) is 8.48. The summed E-state index contributed by atoms with van der Waals surface area (Å²) >= 11 is 0. The molecule has 3 atom stereocenters. The lowest BCUT2D eigenvalue weighted by molar-refractivity contribution is -0.145. The molecule has 188 valence electrons. The second kappa shape index (κ2) is 11.5. The van der Waals surface area contributed by atoms with E-state index in [1.54, 1.807) is 6.20 Å². The molecule has 1 aromatic heterocycles. The van der Waals surface area contributed by atoms with Gasteiger partial charge in [-0.25, -0.2) is 4.79 Å². The van der Waals surface area contributed by atoms with Crippen molar-refractivity contribution in [1.29, 1.82) is 0 Å². The van der Waals surface area contributed by atoms with Crippen molar-refractivity contribution < 1.29 is 29.1 Å². The van der Waals surface area contributed by atoms with Crippen LogP contribution in [0.2, 0.25) is 0 Å². The number of carboxylic acids is 1. The van der Waals surface area contributed by atoms with Crippen LogP contribution in [0.5, 0.6) is 0 Å². The molecule has 0 spiro atoms. The van der Waals surface area contributed by atoms with E-state index in [-0.39, 0.29) is 32.4 Å². The van der Waals surface area contributed by atoms with Gasteiger partial charge in [-0.3, -0.25) is 19.2 Å². The van der Waals surface area contributed by atoms with Crippen LogP contribution in [0, 0.1) is 0 Å². The number of carbonyl (C=O) groups excluding carboxylic acids is 4. The number of primary amides is 1. The molecule has 8 N–H and O–H groups in total. The van der Waals surface area contributed by atoms with Crippen molar-refractivity contribution in [2.24, 2.45) is 11.5 Å². The zero-order valence-electron chi connectivity index (χ0n) is 19.2. The summed E-state index contributed by atoms with van der Waals surface area (Å²) in [6.45, 7) is -0.0272. The number of amides is 4. The molecule has 3 unspecified atom stereocenters. The molecule has 0 radical (unpaired) electrons. The van der Waals surface area contributed by atoms with Gasteiger partial charge in [-0.15, -0.1) is 0 Å². The normalized spacial score (nSPS) is 17.1. The number of nitrogens with zero attached hydrogens (tertiary/aromatic N) is 1. The molecule has 35 heavy (non-hydrogen) atoms. The zero-order chi connectivity index (χ0) is 25.5. The second-order valence-electron chi connectivity index (χ2n) is 8.48. The first-order valence-corrected chi connectivity index (χ1v) is 11.4. The Morgan fingerprint density at radius 3 is 2.57 bits per heavy atom. The molecule has 3 rings (SSSR count). The Balaban J connectivity index is 1.77. The number of aromatic nitrogens is 1. The third kappa shape index (κ3) is 6.35. The topological polar surface area (TPSA) is 201 Å². The number of para-hydroxylation sites is 1. The molecule has 0 aliphatic carbocycles. The quantitative estimate of drug-likeness (QED) is 0.233. The van der Waals surface area contributed by atoms with Gasteiger partial charge in [-0.2, -0.15) is 0 Å². The highest BCUT2D eigenvalue weighted by molar-refractivity contribution is 5.95. The van der Waals surface area contributed by atoms with Gasteiger partial charge in [0.1, 0.15) is 18.1 Å². The zero-order valence-corrected chi connectivity index (χ0v) is 19.2. The molecular formula is C23H30N6O6. The number of fused-ring (bicyclic) bond motifs is 1. The van der Waals surface area contributed by atoms with Crippen LogP contribution >= 0.6 is 0 Å². The number of benzene rings is 1. The van der Waals surface area contributed by atoms with Crippen LogP contribution in [0.25, 0.3) is 10.9 Å². The van der Waals surface area contributed by atoms with E-state index in [1.807, 2.05) is 24.3 Å². The molecule has 12 heteroatoms. The number of aromatic amines is 1. The van der Waals surface area contributed by atoms with Crippen LogP contribution in [0.1, 0.15) is 31.2 Å². The highest BCUT2D eigenvalue weighted by Gasteiger charge is 2.39. The fourth-order valence-corrected chi connectivity index (χ4v) is 4.29. The van der Waals surface area contributed by atoms with Crippen LogP contribution in [0.3, 0.4) is 0 Å². The summed E-state index contributed by atoms with van der Waals surface area (Å²) in [6.07, 6.45) is 2.45. The largest absolute Gasteiger partial charge is 0.480 e. The van der Waals surface area contributed by atoms with E-state index in [0.29, 0.717) is 12.8 Å². The van der Waals surface area contributed by atoms with E-state index in [9.17, 15) is 29.1 Å². The summed E-state index contributed by atoms with van der Waals surface area (Å²) in [7, 11) is 0. The summed E-state index contributed by atoms with van der Waals surface area (Å²) in [4.78, 5) is 65.6. The third-order valence-corrected chi connectivity index (χ3v) is 6.05. The van der Waals surface area contributed by atoms with Crippen LogP contribution in [-0.2, 0) is 30.4 Å².